The molecule has 2 aromatic heterocycles. The number of nitrogens with zero attached hydrogens (tertiary/aromatic N) is 2. The second-order valence-electron chi connectivity index (χ2n) is 8.51. The van der Waals surface area contributed by atoms with Crippen LogP contribution in [0.15, 0.2) is 54.9 Å². The van der Waals surface area contributed by atoms with Crippen LogP contribution in [0.4, 0.5) is 5.82 Å². The van der Waals surface area contributed by atoms with E-state index in [4.69, 9.17) is 33.7 Å². The Bertz CT molecular complexity index is 1260. The number of piperidine rings is 1. The zero-order chi connectivity index (χ0) is 22.8. The molecule has 33 heavy (non-hydrogen) atoms. The third-order valence-electron chi connectivity index (χ3n) is 6.26. The zero-order valence-electron chi connectivity index (χ0n) is 18.3. The van der Waals surface area contributed by atoms with Crippen LogP contribution >= 0.6 is 23.2 Å². The summed E-state index contributed by atoms with van der Waals surface area (Å²) in [6.45, 7) is 3.52. The highest BCUT2D eigenvalue weighted by Gasteiger charge is 2.15. The number of anilines is 1. The average molecular weight is 481 g/mol. The highest BCUT2D eigenvalue weighted by molar-refractivity contribution is 6.35. The van der Waals surface area contributed by atoms with E-state index in [1.54, 1.807) is 24.4 Å². The number of pyridine rings is 1. The van der Waals surface area contributed by atoms with Gasteiger partial charge in [0.1, 0.15) is 6.61 Å². The number of rotatable bonds is 6. The number of H-pyrrole nitrogens is 1. The Labute approximate surface area is 203 Å². The Balaban J connectivity index is 1.40. The van der Waals surface area contributed by atoms with E-state index in [-0.39, 0.29) is 6.61 Å². The lowest BCUT2D eigenvalue weighted by molar-refractivity contribution is 0.221. The molecule has 0 saturated carbocycles. The second-order valence-corrected chi connectivity index (χ2v) is 9.32. The fraction of sp³-hybridized carbons (Fsp3) is 0.269. The van der Waals surface area contributed by atoms with E-state index in [2.05, 4.69) is 39.3 Å². The van der Waals surface area contributed by atoms with E-state index in [1.807, 2.05) is 6.07 Å². The molecule has 1 fully saturated rings. The van der Waals surface area contributed by atoms with Crippen LogP contribution in [0.5, 0.6) is 5.75 Å². The Morgan fingerprint density at radius 1 is 1.00 bits per heavy atom. The third-order valence-corrected chi connectivity index (χ3v) is 6.97. The molecule has 3 heterocycles. The summed E-state index contributed by atoms with van der Waals surface area (Å²) >= 11 is 12.5. The molecule has 1 saturated heterocycles. The minimum absolute atomic E-state index is 0.213. The summed E-state index contributed by atoms with van der Waals surface area (Å²) < 4.78 is 5.97. The fourth-order valence-corrected chi connectivity index (χ4v) is 4.90. The van der Waals surface area contributed by atoms with E-state index in [0.29, 0.717) is 21.6 Å². The molecule has 1 aliphatic heterocycles. The second kappa shape index (κ2) is 9.64. The smallest absolute Gasteiger partial charge is 0.166 e. The third kappa shape index (κ3) is 4.81. The van der Waals surface area contributed by atoms with Crippen LogP contribution in [0.3, 0.4) is 0 Å². The van der Waals surface area contributed by atoms with Gasteiger partial charge in [-0.05, 0) is 67.4 Å². The van der Waals surface area contributed by atoms with E-state index in [0.717, 1.165) is 28.8 Å². The number of hydrogen-bond donors (Lipinski definition) is 2. The van der Waals surface area contributed by atoms with Crippen molar-refractivity contribution in [2.75, 3.05) is 18.8 Å². The van der Waals surface area contributed by atoms with Gasteiger partial charge in [0.05, 0.1) is 0 Å². The summed E-state index contributed by atoms with van der Waals surface area (Å²) in [5, 5.41) is 2.36. The summed E-state index contributed by atoms with van der Waals surface area (Å²) in [5.41, 5.74) is 11.3. The number of likely N-dealkylation sites (tertiary alicyclic amines) is 1. The largest absolute Gasteiger partial charge is 0.485 e. The van der Waals surface area contributed by atoms with E-state index >= 15 is 0 Å². The molecule has 4 aromatic rings. The van der Waals surface area contributed by atoms with E-state index < -0.39 is 0 Å². The van der Waals surface area contributed by atoms with Gasteiger partial charge < -0.3 is 15.5 Å². The number of fused-ring (bicyclic) bond motifs is 1. The molecule has 1 aliphatic rings. The van der Waals surface area contributed by atoms with Gasteiger partial charge in [-0.2, -0.15) is 0 Å². The summed E-state index contributed by atoms with van der Waals surface area (Å²) in [5.74, 6) is 0.835. The van der Waals surface area contributed by atoms with Crippen molar-refractivity contribution in [1.29, 1.82) is 0 Å². The van der Waals surface area contributed by atoms with Crippen LogP contribution < -0.4 is 10.5 Å². The van der Waals surface area contributed by atoms with Crippen molar-refractivity contribution in [3.63, 3.8) is 0 Å². The molecule has 0 unspecified atom stereocenters. The first-order valence-electron chi connectivity index (χ1n) is 11.2. The Morgan fingerprint density at radius 3 is 2.58 bits per heavy atom. The highest BCUT2D eigenvalue weighted by atomic mass is 35.5. The van der Waals surface area contributed by atoms with Crippen molar-refractivity contribution < 1.29 is 4.74 Å². The molecule has 0 radical (unpaired) electrons. The van der Waals surface area contributed by atoms with Gasteiger partial charge in [-0.1, -0.05) is 41.8 Å². The van der Waals surface area contributed by atoms with Crippen LogP contribution in [0, 0.1) is 0 Å². The first-order chi connectivity index (χ1) is 16.1. The Morgan fingerprint density at radius 2 is 1.79 bits per heavy atom. The number of halogens is 2. The van der Waals surface area contributed by atoms with Crippen molar-refractivity contribution in [3.8, 4) is 16.9 Å². The predicted octanol–water partition coefficient (Wildman–Crippen LogP) is 6.68. The molecular weight excluding hydrogens is 455 g/mol. The number of nitrogens with two attached hydrogens (primary N) is 1. The van der Waals surface area contributed by atoms with Crippen molar-refractivity contribution in [3.05, 3.63) is 76.0 Å². The van der Waals surface area contributed by atoms with Gasteiger partial charge in [0.15, 0.2) is 11.6 Å². The van der Waals surface area contributed by atoms with Crippen LogP contribution in [0.25, 0.3) is 22.0 Å². The molecule has 0 atom stereocenters. The fourth-order valence-electron chi connectivity index (χ4n) is 4.40. The van der Waals surface area contributed by atoms with Gasteiger partial charge in [0, 0.05) is 51.0 Å². The first kappa shape index (κ1) is 22.1. The Hall–Kier alpha value is -2.73. The number of aromatic nitrogens is 2. The summed E-state index contributed by atoms with van der Waals surface area (Å²) in [6.07, 6.45) is 7.82. The van der Waals surface area contributed by atoms with E-state index in [1.165, 1.54) is 43.3 Å². The van der Waals surface area contributed by atoms with Gasteiger partial charge in [-0.25, -0.2) is 4.98 Å². The standard InChI is InChI=1S/C26H26Cl2N4O/c27-22-5-4-6-23(28)21(22)16-33-25-12-18(13-31-26(25)29)17-7-8-24-20(11-17)19(14-30-24)15-32-9-2-1-3-10-32/h4-8,11-14,30H,1-3,9-10,15-16H2,(H2,29,31). The topological polar surface area (TPSA) is 67.2 Å². The maximum absolute atomic E-state index is 6.27. The molecular formula is C26H26Cl2N4O. The van der Waals surface area contributed by atoms with Crippen molar-refractivity contribution in [2.24, 2.45) is 0 Å². The number of nitrogen functional groups attached to an aromatic ring is 1. The number of hydrogen-bond acceptors (Lipinski definition) is 4. The molecule has 5 rings (SSSR count). The molecule has 170 valence electrons. The molecule has 2 aromatic carbocycles. The summed E-state index contributed by atoms with van der Waals surface area (Å²) in [6, 6.07) is 13.7. The number of ether oxygens (including phenoxy) is 1. The quantitative estimate of drug-likeness (QED) is 0.322. The molecule has 0 bridgehead atoms. The lowest BCUT2D eigenvalue weighted by atomic mass is 10.0. The van der Waals surface area contributed by atoms with Gasteiger partial charge in [-0.15, -0.1) is 0 Å². The molecule has 3 N–H and O–H groups in total. The normalized spacial score (nSPS) is 14.6. The van der Waals surface area contributed by atoms with Gasteiger partial charge in [0.2, 0.25) is 0 Å². The Kier molecular flexibility index (Phi) is 6.45. The minimum atomic E-state index is 0.213. The number of aromatic amines is 1. The van der Waals surface area contributed by atoms with Crippen molar-refractivity contribution in [2.45, 2.75) is 32.4 Å². The summed E-state index contributed by atoms with van der Waals surface area (Å²) in [7, 11) is 0. The lowest BCUT2D eigenvalue weighted by Crippen LogP contribution is -2.28. The van der Waals surface area contributed by atoms with Crippen LogP contribution in [-0.2, 0) is 13.2 Å². The van der Waals surface area contributed by atoms with Crippen molar-refractivity contribution in [1.82, 2.24) is 14.9 Å². The zero-order valence-corrected chi connectivity index (χ0v) is 19.8. The lowest BCUT2D eigenvalue weighted by Gasteiger charge is -2.26. The minimum Gasteiger partial charge on any atom is -0.485 e. The molecule has 5 nitrogen and oxygen atoms in total. The first-order valence-corrected chi connectivity index (χ1v) is 12.0. The van der Waals surface area contributed by atoms with Crippen LogP contribution in [-0.4, -0.2) is 28.0 Å². The molecule has 0 aliphatic carbocycles. The monoisotopic (exact) mass is 480 g/mol. The number of nitrogens with one attached hydrogen (secondary N) is 1. The van der Waals surface area contributed by atoms with Gasteiger partial charge in [-0.3, -0.25) is 4.90 Å². The van der Waals surface area contributed by atoms with E-state index in [9.17, 15) is 0 Å². The number of benzene rings is 2. The summed E-state index contributed by atoms with van der Waals surface area (Å²) in [4.78, 5) is 10.3. The predicted molar refractivity (Wildman–Crippen MR) is 136 cm³/mol. The molecule has 0 spiro atoms. The van der Waals surface area contributed by atoms with Gasteiger partial charge >= 0.3 is 0 Å². The maximum Gasteiger partial charge on any atom is 0.166 e. The maximum atomic E-state index is 6.27. The average Bonchev–Trinajstić information content (AvgIpc) is 3.22. The van der Waals surface area contributed by atoms with Crippen molar-refractivity contribution >= 4 is 39.9 Å². The van der Waals surface area contributed by atoms with Crippen LogP contribution in [0.2, 0.25) is 10.0 Å². The van der Waals surface area contributed by atoms with Gasteiger partial charge in [0.25, 0.3) is 0 Å². The molecule has 7 heteroatoms. The SMILES string of the molecule is Nc1ncc(-c2ccc3[nH]cc(CN4CCCCC4)c3c2)cc1OCc1c(Cl)cccc1Cl. The van der Waals surface area contributed by atoms with Crippen LogP contribution in [0.1, 0.15) is 30.4 Å². The highest BCUT2D eigenvalue weighted by Crippen LogP contribution is 2.32. The molecule has 0 amide bonds.